The second kappa shape index (κ2) is 1.50. The monoisotopic (exact) mass is 418 g/mol. The van der Waals surface area contributed by atoms with E-state index in [4.69, 9.17) is 18.9 Å². The summed E-state index contributed by atoms with van der Waals surface area (Å²) in [5, 5.41) is 0. The van der Waals surface area contributed by atoms with Crippen LogP contribution in [0.2, 0.25) is 46.2 Å². The predicted molar refractivity (Wildman–Crippen MR) is 90.3 cm³/mol. The molecule has 0 aromatic carbocycles. The van der Waals surface area contributed by atoms with E-state index in [-0.39, 0.29) is 29.2 Å². The van der Waals surface area contributed by atoms with Crippen molar-refractivity contribution in [2.75, 3.05) is 40.6 Å². The Morgan fingerprint density at radius 2 is 1.56 bits per heavy atom. The maximum atomic E-state index is 13.7. The molecule has 10 rings (SSSR count). The topological polar surface area (TPSA) is 71.1 Å². The number of carbonyl (C=O) groups excluding carboxylic acids is 2. The van der Waals surface area contributed by atoms with Crippen molar-refractivity contribution < 1.29 is 35.0 Å². The van der Waals surface area contributed by atoms with Gasteiger partial charge in [-0.15, -0.1) is 0 Å². The zero-order valence-electron chi connectivity index (χ0n) is 16.1. The summed E-state index contributed by atoms with van der Waals surface area (Å²) in [7, 11) is 3.56. The summed E-state index contributed by atoms with van der Waals surface area (Å²) in [6.07, 6.45) is 0. The van der Waals surface area contributed by atoms with Gasteiger partial charge in [-0.1, -0.05) is 0 Å². The molecule has 10 aliphatic heterocycles. The average Bonchev–Trinajstić information content (AvgIpc) is 3.58. The first kappa shape index (κ1) is 13.6. The molecule has 27 heavy (non-hydrogen) atoms. The number of carbonyl (C=O) groups is 2. The third kappa shape index (κ3) is 0.179. The van der Waals surface area contributed by atoms with Crippen LogP contribution >= 0.6 is 0 Å². The van der Waals surface area contributed by atoms with Crippen LogP contribution in [0.5, 0.6) is 0 Å². The molecule has 0 radical (unpaired) electrons. The van der Waals surface area contributed by atoms with Gasteiger partial charge in [-0.05, 0) is 0 Å². The number of fused-ring (bicyclic) bond motifs is 10. The van der Waals surface area contributed by atoms with Crippen LogP contribution < -0.4 is 0 Å². The Balaban J connectivity index is 1.40. The minimum absolute atomic E-state index is 0.0109. The third-order valence-corrected chi connectivity index (χ3v) is 62.1. The average molecular weight is 418 g/mol. The van der Waals surface area contributed by atoms with Crippen LogP contribution in [0.25, 0.3) is 0 Å². The third-order valence-electron chi connectivity index (χ3n) is 17.6. The quantitative estimate of drug-likeness (QED) is 0.445. The van der Waals surface area contributed by atoms with Gasteiger partial charge in [0.05, 0.1) is 0 Å². The van der Waals surface area contributed by atoms with Crippen LogP contribution in [-0.2, 0) is 35.0 Å². The summed E-state index contributed by atoms with van der Waals surface area (Å²) in [6.45, 7) is 1.33. The first-order chi connectivity index (χ1) is 12.8. The molecule has 10 saturated heterocycles. The molecule has 10 heterocycles. The van der Waals surface area contributed by atoms with Gasteiger partial charge < -0.3 is 0 Å². The molecular weight excluding hydrogens is 392 g/mol. The standard InChI is InChI=1S/2C10H13O3.Fe/c1-3-13-10(11)9-5-4-8(6-9)7-12-2;1-3-13-10(11)9-6-4-5-8(9)7-12-2;/h2*4-6H,3,7H2,1-2H3;. The van der Waals surface area contributed by atoms with E-state index in [1.54, 1.807) is 14.2 Å². The van der Waals surface area contributed by atoms with Crippen LogP contribution in [0.3, 0.4) is 0 Å². The van der Waals surface area contributed by atoms with Crippen LogP contribution in [-0.4, -0.2) is 52.6 Å². The van der Waals surface area contributed by atoms with E-state index in [9.17, 15) is 9.59 Å². The molecule has 150 valence electrons. The van der Waals surface area contributed by atoms with E-state index in [2.05, 4.69) is 0 Å². The zero-order valence-corrected chi connectivity index (χ0v) is 17.2. The fourth-order valence-electron chi connectivity index (χ4n) is 21.0. The molecule has 10 atom stereocenters. The van der Waals surface area contributed by atoms with Gasteiger partial charge in [0, 0.05) is 0 Å². The number of esters is 2. The van der Waals surface area contributed by atoms with Gasteiger partial charge >= 0.3 is 148 Å². The summed E-state index contributed by atoms with van der Waals surface area (Å²) in [5.74, 6) is 0.105. The van der Waals surface area contributed by atoms with E-state index in [1.165, 1.54) is 0 Å². The molecule has 0 aliphatic carbocycles. The predicted octanol–water partition coefficient (Wildman–Crippen LogP) is 3.28. The number of rotatable bonds is 8. The molecule has 1 spiro atoms. The first-order valence-corrected chi connectivity index (χ1v) is 16.4. The molecule has 0 aromatic heterocycles. The Morgan fingerprint density at radius 3 is 2.15 bits per heavy atom. The van der Waals surface area contributed by atoms with E-state index < -0.39 is 6.51 Å². The molecule has 0 saturated carbocycles. The second-order valence-electron chi connectivity index (χ2n) is 12.6. The second-order valence-corrected chi connectivity index (χ2v) is 35.3. The van der Waals surface area contributed by atoms with Crippen molar-refractivity contribution in [1.29, 1.82) is 0 Å². The first-order valence-electron chi connectivity index (χ1n) is 10.3. The number of ether oxygens (including phenoxy) is 4. The summed E-state index contributed by atoms with van der Waals surface area (Å²) in [5.41, 5.74) is 0. The summed E-state index contributed by atoms with van der Waals surface area (Å²) in [6, 6.07) is 0. The van der Waals surface area contributed by atoms with Gasteiger partial charge in [0.25, 0.3) is 0 Å². The number of hydrogen-bond donors (Lipinski definition) is 0. The fraction of sp³-hybridized carbons (Fsp3) is 0.900. The van der Waals surface area contributed by atoms with E-state index in [0.717, 1.165) is 6.61 Å². The van der Waals surface area contributed by atoms with Crippen LogP contribution in [0.1, 0.15) is 13.8 Å². The maximum absolute atomic E-state index is 13.7. The normalized spacial score (nSPS) is 87.3. The van der Waals surface area contributed by atoms with E-state index in [1.807, 2.05) is 13.8 Å². The Hall–Kier alpha value is -0.621. The summed E-state index contributed by atoms with van der Waals surface area (Å²) >= 11 is 0. The molecule has 10 unspecified atom stereocenters. The van der Waals surface area contributed by atoms with Crippen molar-refractivity contribution in [2.24, 2.45) is 0 Å². The van der Waals surface area contributed by atoms with Gasteiger partial charge in [0.2, 0.25) is 0 Å². The SMILES string of the molecule is CCOC(=O)[C]12[CH]3[CH]4[C]5(COC)[CH]1[Fe]43521678[CH]2[CH]1[C]6(COC)[C]7(C(=O)OCC)[CH]28. The van der Waals surface area contributed by atoms with Crippen molar-refractivity contribution in [3.05, 3.63) is 0 Å². The van der Waals surface area contributed by atoms with Crippen molar-refractivity contribution in [2.45, 2.75) is 60.0 Å². The summed E-state index contributed by atoms with van der Waals surface area (Å²) in [4.78, 5) is 30.8. The van der Waals surface area contributed by atoms with Gasteiger partial charge in [-0.2, -0.15) is 0 Å². The molecule has 0 N–H and O–H groups in total. The summed E-state index contributed by atoms with van der Waals surface area (Å²) < 4.78 is 22.9. The van der Waals surface area contributed by atoms with Crippen LogP contribution in [0.15, 0.2) is 0 Å². The van der Waals surface area contributed by atoms with Crippen LogP contribution in [0, 0.1) is 0 Å². The van der Waals surface area contributed by atoms with E-state index >= 15 is 0 Å². The molecule has 10 fully saturated rings. The molecule has 0 bridgehead atoms. The minimum atomic E-state index is -4.73. The van der Waals surface area contributed by atoms with Crippen molar-refractivity contribution in [3.63, 3.8) is 0 Å². The Bertz CT molecular complexity index is 1430. The Labute approximate surface area is 147 Å². The molecular formula is C20H26FeO6. The van der Waals surface area contributed by atoms with Gasteiger partial charge in [0.15, 0.2) is 0 Å². The van der Waals surface area contributed by atoms with E-state index in [0.29, 0.717) is 48.7 Å². The van der Waals surface area contributed by atoms with Crippen molar-refractivity contribution in [3.8, 4) is 0 Å². The number of hydrogen-bond acceptors (Lipinski definition) is 6. The van der Waals surface area contributed by atoms with Gasteiger partial charge in [-0.3, -0.25) is 0 Å². The van der Waals surface area contributed by atoms with Crippen molar-refractivity contribution >= 4 is 11.9 Å². The number of methoxy groups -OCH3 is 2. The van der Waals surface area contributed by atoms with Gasteiger partial charge in [-0.25, -0.2) is 0 Å². The Morgan fingerprint density at radius 1 is 0.889 bits per heavy atom. The van der Waals surface area contributed by atoms with Gasteiger partial charge in [0.1, 0.15) is 0 Å². The van der Waals surface area contributed by atoms with Crippen molar-refractivity contribution in [1.82, 2.24) is 0 Å². The Kier molecular flexibility index (Phi) is 0.753. The van der Waals surface area contributed by atoms with Crippen LogP contribution in [0.4, 0.5) is 0 Å². The molecule has 6 nitrogen and oxygen atoms in total. The molecule has 0 aromatic rings. The fourth-order valence-corrected chi connectivity index (χ4v) is 101. The zero-order chi connectivity index (χ0) is 18.6. The molecule has 7 heteroatoms. The molecule has 10 aliphatic rings. The molecule has 0 amide bonds.